The Morgan fingerprint density at radius 3 is 2.65 bits per heavy atom. The number of rotatable bonds is 2. The lowest BCUT2D eigenvalue weighted by molar-refractivity contribution is 0.390. The summed E-state index contributed by atoms with van der Waals surface area (Å²) in [4.78, 5) is 0.182. The first kappa shape index (κ1) is 13.2. The van der Waals surface area contributed by atoms with Crippen LogP contribution in [0, 0.1) is 13.8 Å². The maximum absolute atomic E-state index is 12.9. The number of aryl methyl sites for hydroxylation is 2. The van der Waals surface area contributed by atoms with Gasteiger partial charge in [-0.15, -0.1) is 0 Å². The van der Waals surface area contributed by atoms with Crippen molar-refractivity contribution < 1.29 is 12.9 Å². The van der Waals surface area contributed by atoms with Crippen LogP contribution >= 0.6 is 0 Å². The summed E-state index contributed by atoms with van der Waals surface area (Å²) < 4.78 is 32.4. The fourth-order valence-electron chi connectivity index (χ4n) is 2.84. The third-order valence-electron chi connectivity index (χ3n) is 3.63. The minimum atomic E-state index is -3.64. The molecule has 0 saturated heterocycles. The molecule has 1 atom stereocenters. The maximum atomic E-state index is 12.9. The van der Waals surface area contributed by atoms with Crippen LogP contribution in [0.5, 0.6) is 0 Å². The fourth-order valence-corrected chi connectivity index (χ4v) is 4.84. The molecule has 6 heteroatoms. The van der Waals surface area contributed by atoms with Crippen molar-refractivity contribution in [1.82, 2.24) is 5.16 Å². The van der Waals surface area contributed by atoms with Gasteiger partial charge < -0.3 is 4.52 Å². The molecular weight excluding hydrogens is 276 g/mol. The van der Waals surface area contributed by atoms with Crippen LogP contribution in [0.15, 0.2) is 33.7 Å². The first-order valence-electron chi connectivity index (χ1n) is 6.48. The number of aromatic nitrogens is 1. The Bertz CT molecular complexity index is 745. The summed E-state index contributed by atoms with van der Waals surface area (Å²) >= 11 is 0. The topological polar surface area (TPSA) is 63.4 Å². The number of benzene rings is 1. The van der Waals surface area contributed by atoms with Crippen LogP contribution in [0.1, 0.15) is 23.9 Å². The number of sulfonamides is 1. The van der Waals surface area contributed by atoms with Crippen LogP contribution in [-0.2, 0) is 16.4 Å². The van der Waals surface area contributed by atoms with Crippen LogP contribution in [0.4, 0.5) is 5.69 Å². The number of para-hydroxylation sites is 1. The molecular formula is C14H16N2O3S. The second-order valence-corrected chi connectivity index (χ2v) is 6.89. The summed E-state index contributed by atoms with van der Waals surface area (Å²) in [7, 11) is -3.64. The summed E-state index contributed by atoms with van der Waals surface area (Å²) in [6.07, 6.45) is 0.721. The van der Waals surface area contributed by atoms with Crippen LogP contribution in [-0.4, -0.2) is 19.6 Å². The molecule has 0 bridgehead atoms. The average Bonchev–Trinajstić information content (AvgIpc) is 2.88. The normalized spacial score (nSPS) is 18.4. The molecule has 0 N–H and O–H groups in total. The minimum Gasteiger partial charge on any atom is -0.360 e. The van der Waals surface area contributed by atoms with E-state index < -0.39 is 10.0 Å². The van der Waals surface area contributed by atoms with Gasteiger partial charge in [-0.3, -0.25) is 4.31 Å². The minimum absolute atomic E-state index is 0.105. The Morgan fingerprint density at radius 2 is 2.00 bits per heavy atom. The van der Waals surface area contributed by atoms with Gasteiger partial charge in [0.15, 0.2) is 10.7 Å². The van der Waals surface area contributed by atoms with E-state index in [4.69, 9.17) is 4.52 Å². The van der Waals surface area contributed by atoms with E-state index in [-0.39, 0.29) is 10.9 Å². The Labute approximate surface area is 118 Å². The number of fused-ring (bicyclic) bond motifs is 1. The number of hydrogen-bond donors (Lipinski definition) is 0. The van der Waals surface area contributed by atoms with E-state index in [1.165, 1.54) is 4.31 Å². The molecule has 1 aliphatic heterocycles. The van der Waals surface area contributed by atoms with E-state index in [2.05, 4.69) is 5.16 Å². The summed E-state index contributed by atoms with van der Waals surface area (Å²) in [5.41, 5.74) is 2.20. The van der Waals surface area contributed by atoms with E-state index in [9.17, 15) is 8.42 Å². The molecule has 0 unspecified atom stereocenters. The SMILES string of the molecule is Cc1noc(C)c1S(=O)(=O)N1c2ccccc2C[C@@H]1C. The summed E-state index contributed by atoms with van der Waals surface area (Å²) in [6, 6.07) is 7.49. The predicted octanol–water partition coefficient (Wildman–Crippen LogP) is 2.43. The van der Waals surface area contributed by atoms with E-state index in [1.54, 1.807) is 13.8 Å². The van der Waals surface area contributed by atoms with E-state index >= 15 is 0 Å². The van der Waals surface area contributed by atoms with Crippen molar-refractivity contribution in [1.29, 1.82) is 0 Å². The van der Waals surface area contributed by atoms with Gasteiger partial charge in [0.1, 0.15) is 5.69 Å². The highest BCUT2D eigenvalue weighted by Crippen LogP contribution is 2.37. The van der Waals surface area contributed by atoms with Crippen LogP contribution < -0.4 is 4.31 Å². The quantitative estimate of drug-likeness (QED) is 0.853. The van der Waals surface area contributed by atoms with Crippen molar-refractivity contribution in [3.05, 3.63) is 41.3 Å². The first-order chi connectivity index (χ1) is 9.43. The first-order valence-corrected chi connectivity index (χ1v) is 7.92. The van der Waals surface area contributed by atoms with Crippen molar-refractivity contribution in [2.45, 2.75) is 38.1 Å². The van der Waals surface area contributed by atoms with E-state index in [1.807, 2.05) is 31.2 Å². The van der Waals surface area contributed by atoms with Gasteiger partial charge in [0.2, 0.25) is 0 Å². The van der Waals surface area contributed by atoms with E-state index in [0.717, 1.165) is 17.7 Å². The molecule has 0 saturated carbocycles. The van der Waals surface area contributed by atoms with Gasteiger partial charge in [-0.05, 0) is 38.8 Å². The van der Waals surface area contributed by atoms with Crippen LogP contribution in [0.3, 0.4) is 0 Å². The Morgan fingerprint density at radius 1 is 1.30 bits per heavy atom. The average molecular weight is 292 g/mol. The Hall–Kier alpha value is -1.82. The van der Waals surface area contributed by atoms with Crippen LogP contribution in [0.2, 0.25) is 0 Å². The van der Waals surface area contributed by atoms with Gasteiger partial charge >= 0.3 is 0 Å². The van der Waals surface area contributed by atoms with Crippen molar-refractivity contribution in [2.75, 3.05) is 4.31 Å². The van der Waals surface area contributed by atoms with Gasteiger partial charge in [-0.2, -0.15) is 0 Å². The van der Waals surface area contributed by atoms with Gasteiger partial charge in [0.25, 0.3) is 10.0 Å². The van der Waals surface area contributed by atoms with Crippen LogP contribution in [0.25, 0.3) is 0 Å². The smallest absolute Gasteiger partial charge is 0.269 e. The second kappa shape index (κ2) is 4.34. The zero-order valence-corrected chi connectivity index (χ0v) is 12.4. The zero-order chi connectivity index (χ0) is 14.5. The highest BCUT2D eigenvalue weighted by atomic mass is 32.2. The molecule has 106 valence electrons. The molecule has 1 aromatic heterocycles. The molecule has 3 rings (SSSR count). The number of hydrogen-bond acceptors (Lipinski definition) is 4. The fraction of sp³-hybridized carbons (Fsp3) is 0.357. The molecule has 2 aromatic rings. The third-order valence-corrected chi connectivity index (χ3v) is 5.80. The molecule has 1 aliphatic rings. The van der Waals surface area contributed by atoms with Crippen molar-refractivity contribution in [3.8, 4) is 0 Å². The van der Waals surface area contributed by atoms with Crippen molar-refractivity contribution in [2.24, 2.45) is 0 Å². The summed E-state index contributed by atoms with van der Waals surface area (Å²) in [6.45, 7) is 5.19. The Kier molecular flexibility index (Phi) is 2.86. The second-order valence-electron chi connectivity index (χ2n) is 5.14. The lowest BCUT2D eigenvalue weighted by Crippen LogP contribution is -2.36. The van der Waals surface area contributed by atoms with Gasteiger partial charge in [-0.25, -0.2) is 8.42 Å². The molecule has 5 nitrogen and oxygen atoms in total. The summed E-state index contributed by atoms with van der Waals surface area (Å²) in [5.74, 6) is 0.332. The highest BCUT2D eigenvalue weighted by molar-refractivity contribution is 7.93. The maximum Gasteiger partial charge on any atom is 0.269 e. The standard InChI is InChI=1S/C14H16N2O3S/c1-9-8-12-6-4-5-7-13(12)16(9)20(17,18)14-10(2)15-19-11(14)3/h4-7,9H,8H2,1-3H3/t9-/m0/s1. The lowest BCUT2D eigenvalue weighted by Gasteiger charge is -2.24. The number of anilines is 1. The third kappa shape index (κ3) is 1.75. The van der Waals surface area contributed by atoms with Crippen molar-refractivity contribution in [3.63, 3.8) is 0 Å². The monoisotopic (exact) mass is 292 g/mol. The molecule has 0 radical (unpaired) electrons. The molecule has 0 spiro atoms. The predicted molar refractivity (Wildman–Crippen MR) is 75.2 cm³/mol. The molecule has 0 aliphatic carbocycles. The molecule has 0 amide bonds. The summed E-state index contributed by atoms with van der Waals surface area (Å²) in [5, 5.41) is 3.75. The van der Waals surface area contributed by atoms with Gasteiger partial charge in [0.05, 0.1) is 5.69 Å². The number of nitrogens with zero attached hydrogens (tertiary/aromatic N) is 2. The lowest BCUT2D eigenvalue weighted by atomic mass is 10.1. The van der Waals surface area contributed by atoms with E-state index in [0.29, 0.717) is 11.5 Å². The van der Waals surface area contributed by atoms with Gasteiger partial charge in [0, 0.05) is 6.04 Å². The Balaban J connectivity index is 2.18. The zero-order valence-electron chi connectivity index (χ0n) is 11.6. The van der Waals surface area contributed by atoms with Crippen molar-refractivity contribution >= 4 is 15.7 Å². The highest BCUT2D eigenvalue weighted by Gasteiger charge is 2.38. The largest absolute Gasteiger partial charge is 0.360 e. The molecule has 1 aromatic carbocycles. The molecule has 0 fully saturated rings. The molecule has 2 heterocycles. The molecule has 20 heavy (non-hydrogen) atoms. The van der Waals surface area contributed by atoms with Gasteiger partial charge in [-0.1, -0.05) is 23.4 Å².